The lowest BCUT2D eigenvalue weighted by Crippen LogP contribution is -2.45. The van der Waals surface area contributed by atoms with Crippen molar-refractivity contribution in [3.8, 4) is 12.1 Å². The van der Waals surface area contributed by atoms with Gasteiger partial charge in [-0.2, -0.15) is 10.5 Å². The van der Waals surface area contributed by atoms with E-state index in [0.29, 0.717) is 12.1 Å². The fourth-order valence-electron chi connectivity index (χ4n) is 2.92. The van der Waals surface area contributed by atoms with Crippen LogP contribution >= 0.6 is 11.8 Å². The van der Waals surface area contributed by atoms with Gasteiger partial charge < -0.3 is 10.6 Å². The Morgan fingerprint density at radius 3 is 2.48 bits per heavy atom. The first-order valence-corrected chi connectivity index (χ1v) is 9.79. The number of hydrogen-bond donors (Lipinski definition) is 3. The summed E-state index contributed by atoms with van der Waals surface area (Å²) in [7, 11) is 0. The number of carbonyl (C=O) groups excluding carboxylic acids is 3. The van der Waals surface area contributed by atoms with Gasteiger partial charge in [0.25, 0.3) is 0 Å². The van der Waals surface area contributed by atoms with Gasteiger partial charge in [0.15, 0.2) is 0 Å². The van der Waals surface area contributed by atoms with Crippen LogP contribution in [-0.2, 0) is 9.59 Å². The number of imide groups is 1. The Morgan fingerprint density at radius 2 is 1.93 bits per heavy atom. The number of hydrogen-bond acceptors (Lipinski definition) is 6. The molecule has 0 fully saturated rings. The second kappa shape index (κ2) is 9.26. The molecule has 150 valence electrons. The first-order valence-electron chi connectivity index (χ1n) is 8.91. The molecule has 29 heavy (non-hydrogen) atoms. The minimum atomic E-state index is -1.03. The lowest BCUT2D eigenvalue weighted by Gasteiger charge is -2.35. The standard InChI is InChI=1S/C20H21N5O3S/c1-4-23-19(28)25-17(27)15(12-8-6-5-7-9-12)29-18-14(11-22)20(2,3)13(10-21)16(26)24-18/h5-9,13,15H,4H2,1-3H3,(H,24,26)(H2,23,25,27,28)/t13-,15-/m1/s1. The number of thioether (sulfide) groups is 1. The first kappa shape index (κ1) is 22.0. The van der Waals surface area contributed by atoms with Gasteiger partial charge in [0, 0.05) is 12.0 Å². The summed E-state index contributed by atoms with van der Waals surface area (Å²) in [6.45, 7) is 5.37. The molecule has 0 aliphatic carbocycles. The molecular weight excluding hydrogens is 390 g/mol. The average molecular weight is 411 g/mol. The zero-order valence-electron chi connectivity index (χ0n) is 16.3. The van der Waals surface area contributed by atoms with Crippen LogP contribution in [0.3, 0.4) is 0 Å². The predicted octanol–water partition coefficient (Wildman–Crippen LogP) is 2.34. The summed E-state index contributed by atoms with van der Waals surface area (Å²) in [5, 5.41) is 25.7. The summed E-state index contributed by atoms with van der Waals surface area (Å²) in [6, 6.07) is 12.1. The largest absolute Gasteiger partial charge is 0.338 e. The van der Waals surface area contributed by atoms with Gasteiger partial charge in [-0.1, -0.05) is 55.9 Å². The summed E-state index contributed by atoms with van der Waals surface area (Å²) >= 11 is 0.962. The van der Waals surface area contributed by atoms with Gasteiger partial charge in [-0.05, 0) is 12.5 Å². The van der Waals surface area contributed by atoms with Gasteiger partial charge in [-0.3, -0.25) is 14.9 Å². The van der Waals surface area contributed by atoms with Crippen molar-refractivity contribution >= 4 is 29.6 Å². The number of carbonyl (C=O) groups is 3. The van der Waals surface area contributed by atoms with Gasteiger partial charge in [0.2, 0.25) is 11.8 Å². The van der Waals surface area contributed by atoms with Gasteiger partial charge in [0.1, 0.15) is 11.2 Å². The summed E-state index contributed by atoms with van der Waals surface area (Å²) in [5.41, 5.74) is -0.218. The van der Waals surface area contributed by atoms with E-state index in [2.05, 4.69) is 22.0 Å². The maximum atomic E-state index is 12.8. The lowest BCUT2D eigenvalue weighted by atomic mass is 9.72. The van der Waals surface area contributed by atoms with E-state index in [0.717, 1.165) is 11.8 Å². The summed E-state index contributed by atoms with van der Waals surface area (Å²) in [6.07, 6.45) is 0. The van der Waals surface area contributed by atoms with Crippen molar-refractivity contribution < 1.29 is 14.4 Å². The Hall–Kier alpha value is -3.30. The van der Waals surface area contributed by atoms with Crippen molar-refractivity contribution in [1.82, 2.24) is 16.0 Å². The van der Waals surface area contributed by atoms with Crippen molar-refractivity contribution in [2.75, 3.05) is 6.54 Å². The highest BCUT2D eigenvalue weighted by Gasteiger charge is 2.45. The Labute approximate surface area is 173 Å². The quantitative estimate of drug-likeness (QED) is 0.681. The van der Waals surface area contributed by atoms with Crippen LogP contribution in [-0.4, -0.2) is 24.4 Å². The molecule has 0 saturated carbocycles. The van der Waals surface area contributed by atoms with Crippen LogP contribution in [0.5, 0.6) is 0 Å². The molecule has 1 aromatic rings. The molecule has 0 unspecified atom stereocenters. The highest BCUT2D eigenvalue weighted by molar-refractivity contribution is 8.03. The van der Waals surface area contributed by atoms with Crippen molar-refractivity contribution in [1.29, 1.82) is 10.5 Å². The summed E-state index contributed by atoms with van der Waals surface area (Å²) in [5.74, 6) is -2.15. The molecule has 0 radical (unpaired) electrons. The van der Waals surface area contributed by atoms with E-state index in [-0.39, 0.29) is 10.6 Å². The van der Waals surface area contributed by atoms with Crippen LogP contribution in [0, 0.1) is 34.0 Å². The van der Waals surface area contributed by atoms with E-state index in [4.69, 9.17) is 0 Å². The third-order valence-corrected chi connectivity index (χ3v) is 5.75. The minimum Gasteiger partial charge on any atom is -0.338 e. The third-order valence-electron chi connectivity index (χ3n) is 4.48. The highest BCUT2D eigenvalue weighted by Crippen LogP contribution is 2.45. The van der Waals surface area contributed by atoms with Crippen LogP contribution in [0.4, 0.5) is 4.79 Å². The number of rotatable bonds is 5. The molecule has 1 aliphatic rings. The number of nitriles is 2. The second-order valence-corrected chi connectivity index (χ2v) is 7.96. The SMILES string of the molecule is CCNC(=O)NC(=O)[C@H](SC1=C(C#N)C(C)(C)[C@H](C#N)C(=O)N1)c1ccccc1. The third kappa shape index (κ3) is 4.76. The molecule has 0 saturated heterocycles. The van der Waals surface area contributed by atoms with Gasteiger partial charge in [-0.15, -0.1) is 0 Å². The number of nitrogens with zero attached hydrogens (tertiary/aromatic N) is 2. The molecule has 0 bridgehead atoms. The fourth-order valence-corrected chi connectivity index (χ4v) is 4.20. The Morgan fingerprint density at radius 1 is 1.28 bits per heavy atom. The Balaban J connectivity index is 2.45. The number of allylic oxidation sites excluding steroid dienone is 1. The lowest BCUT2D eigenvalue weighted by molar-refractivity contribution is -0.125. The molecule has 1 aliphatic heterocycles. The summed E-state index contributed by atoms with van der Waals surface area (Å²) < 4.78 is 0. The molecular formula is C20H21N5O3S. The molecule has 0 spiro atoms. The van der Waals surface area contributed by atoms with Crippen LogP contribution in [0.15, 0.2) is 40.9 Å². The van der Waals surface area contributed by atoms with E-state index in [1.807, 2.05) is 6.07 Å². The van der Waals surface area contributed by atoms with E-state index in [9.17, 15) is 24.9 Å². The van der Waals surface area contributed by atoms with Crippen molar-refractivity contribution in [3.05, 3.63) is 46.5 Å². The molecule has 2 rings (SSSR count). The van der Waals surface area contributed by atoms with Crippen molar-refractivity contribution in [3.63, 3.8) is 0 Å². The maximum absolute atomic E-state index is 12.8. The first-order chi connectivity index (χ1) is 13.8. The van der Waals surface area contributed by atoms with Crippen LogP contribution in [0.2, 0.25) is 0 Å². The molecule has 1 aromatic carbocycles. The van der Waals surface area contributed by atoms with E-state index < -0.39 is 34.4 Å². The molecule has 8 nitrogen and oxygen atoms in total. The predicted molar refractivity (Wildman–Crippen MR) is 108 cm³/mol. The van der Waals surface area contributed by atoms with E-state index in [1.54, 1.807) is 51.1 Å². The normalized spacial score (nSPS) is 18.7. The molecule has 1 heterocycles. The van der Waals surface area contributed by atoms with Gasteiger partial charge >= 0.3 is 6.03 Å². The molecule has 4 amide bonds. The average Bonchev–Trinajstić information content (AvgIpc) is 2.66. The Bertz CT molecular complexity index is 928. The van der Waals surface area contributed by atoms with Crippen LogP contribution in [0.1, 0.15) is 31.6 Å². The number of amides is 4. The van der Waals surface area contributed by atoms with Gasteiger partial charge in [-0.25, -0.2) is 4.79 Å². The topological polar surface area (TPSA) is 135 Å². The zero-order valence-corrected chi connectivity index (χ0v) is 17.1. The molecule has 0 aromatic heterocycles. The maximum Gasteiger partial charge on any atom is 0.321 e. The van der Waals surface area contributed by atoms with E-state index >= 15 is 0 Å². The minimum absolute atomic E-state index is 0.203. The molecule has 3 N–H and O–H groups in total. The molecule has 2 atom stereocenters. The van der Waals surface area contributed by atoms with Crippen LogP contribution in [0.25, 0.3) is 0 Å². The smallest absolute Gasteiger partial charge is 0.321 e. The van der Waals surface area contributed by atoms with Crippen molar-refractivity contribution in [2.24, 2.45) is 11.3 Å². The number of benzene rings is 1. The van der Waals surface area contributed by atoms with Gasteiger partial charge in [0.05, 0.1) is 22.7 Å². The number of nitrogens with one attached hydrogen (secondary N) is 3. The fraction of sp³-hybridized carbons (Fsp3) is 0.350. The second-order valence-electron chi connectivity index (χ2n) is 6.85. The van der Waals surface area contributed by atoms with Crippen molar-refractivity contribution in [2.45, 2.75) is 26.0 Å². The summed E-state index contributed by atoms with van der Waals surface area (Å²) in [4.78, 5) is 37.0. The number of urea groups is 1. The Kier molecular flexibility index (Phi) is 7.03. The zero-order chi connectivity index (χ0) is 21.6. The van der Waals surface area contributed by atoms with Crippen LogP contribution < -0.4 is 16.0 Å². The van der Waals surface area contributed by atoms with E-state index in [1.165, 1.54) is 0 Å². The monoisotopic (exact) mass is 411 g/mol. The highest BCUT2D eigenvalue weighted by atomic mass is 32.2. The molecule has 9 heteroatoms.